The largest absolute Gasteiger partial charge is 0.461 e. The number of rotatable bonds is 1. The minimum Gasteiger partial charge on any atom is -0.461 e. The summed E-state index contributed by atoms with van der Waals surface area (Å²) in [5.41, 5.74) is -0.598. The molecule has 0 aliphatic carbocycles. The zero-order valence-corrected chi connectivity index (χ0v) is 10.7. The normalized spacial score (nSPS) is 31.1. The Morgan fingerprint density at radius 2 is 1.71 bits per heavy atom. The maximum Gasteiger partial charge on any atom is 0.302 e. The Morgan fingerprint density at radius 3 is 2.29 bits per heavy atom. The fourth-order valence-electron chi connectivity index (χ4n) is 2.77. The second-order valence-electron chi connectivity index (χ2n) is 5.65. The van der Waals surface area contributed by atoms with Gasteiger partial charge in [0.2, 0.25) is 0 Å². The van der Waals surface area contributed by atoms with E-state index < -0.39 is 0 Å². The number of carbonyl (C=O) groups is 1. The topological polar surface area (TPSA) is 54.0 Å². The van der Waals surface area contributed by atoms with E-state index >= 15 is 0 Å². The summed E-state index contributed by atoms with van der Waals surface area (Å²) in [4.78, 5) is 11.3. The van der Waals surface area contributed by atoms with Gasteiger partial charge in [0.1, 0.15) is 12.9 Å². The second-order valence-corrected chi connectivity index (χ2v) is 5.65. The van der Waals surface area contributed by atoms with Crippen molar-refractivity contribution >= 4 is 5.97 Å². The first-order valence-corrected chi connectivity index (χ1v) is 5.87. The van der Waals surface area contributed by atoms with Gasteiger partial charge in [0.25, 0.3) is 0 Å². The van der Waals surface area contributed by atoms with Crippen LogP contribution in [0, 0.1) is 10.8 Å². The highest BCUT2D eigenvalue weighted by Gasteiger charge is 2.54. The monoisotopic (exact) mass is 244 g/mol. The average Bonchev–Trinajstić information content (AvgIpc) is 2.25. The van der Waals surface area contributed by atoms with E-state index in [0.29, 0.717) is 33.2 Å². The maximum atomic E-state index is 11.3. The molecular weight excluding hydrogens is 224 g/mol. The van der Waals surface area contributed by atoms with Gasteiger partial charge in [0.15, 0.2) is 0 Å². The summed E-state index contributed by atoms with van der Waals surface area (Å²) < 4.78 is 21.9. The van der Waals surface area contributed by atoms with Crippen LogP contribution in [0.3, 0.4) is 0 Å². The average molecular weight is 244 g/mol. The number of ether oxygens (including phenoxy) is 4. The first-order valence-electron chi connectivity index (χ1n) is 5.87. The van der Waals surface area contributed by atoms with E-state index in [1.165, 1.54) is 6.92 Å². The number of hydrogen-bond donors (Lipinski definition) is 0. The van der Waals surface area contributed by atoms with Crippen LogP contribution in [0.4, 0.5) is 0 Å². The van der Waals surface area contributed by atoms with E-state index in [1.807, 2.05) is 13.8 Å². The molecule has 2 saturated heterocycles. The van der Waals surface area contributed by atoms with Crippen LogP contribution in [0.2, 0.25) is 0 Å². The molecule has 5 heteroatoms. The molecule has 2 rings (SSSR count). The molecule has 0 aromatic rings. The molecule has 98 valence electrons. The van der Waals surface area contributed by atoms with Crippen molar-refractivity contribution in [2.75, 3.05) is 33.2 Å². The van der Waals surface area contributed by atoms with Crippen molar-refractivity contribution in [3.05, 3.63) is 0 Å². The molecule has 1 unspecified atom stereocenters. The maximum absolute atomic E-state index is 11.3. The van der Waals surface area contributed by atoms with Crippen LogP contribution in [-0.2, 0) is 23.7 Å². The quantitative estimate of drug-likeness (QED) is 0.643. The van der Waals surface area contributed by atoms with Gasteiger partial charge in [-0.1, -0.05) is 13.8 Å². The van der Waals surface area contributed by atoms with Crippen molar-refractivity contribution in [3.63, 3.8) is 0 Å². The van der Waals surface area contributed by atoms with Gasteiger partial charge < -0.3 is 18.9 Å². The molecule has 2 aliphatic heterocycles. The second kappa shape index (κ2) is 4.55. The summed E-state index contributed by atoms with van der Waals surface area (Å²) >= 11 is 0. The molecule has 0 saturated carbocycles. The lowest BCUT2D eigenvalue weighted by Gasteiger charge is -2.51. The highest BCUT2D eigenvalue weighted by molar-refractivity contribution is 5.66. The third-order valence-electron chi connectivity index (χ3n) is 3.36. The lowest BCUT2D eigenvalue weighted by Crippen LogP contribution is -2.61. The first-order chi connectivity index (χ1) is 7.96. The minimum atomic E-state index is -0.369. The van der Waals surface area contributed by atoms with Crippen molar-refractivity contribution in [1.82, 2.24) is 0 Å². The van der Waals surface area contributed by atoms with Crippen LogP contribution in [0.1, 0.15) is 20.8 Å². The predicted octanol–water partition coefficient (Wildman–Crippen LogP) is 0.965. The van der Waals surface area contributed by atoms with Gasteiger partial charge in [-0.3, -0.25) is 4.79 Å². The van der Waals surface area contributed by atoms with E-state index in [9.17, 15) is 4.79 Å². The summed E-state index contributed by atoms with van der Waals surface area (Å²) in [5.74, 6) is -0.269. The lowest BCUT2D eigenvalue weighted by molar-refractivity contribution is -0.264. The van der Waals surface area contributed by atoms with Gasteiger partial charge in [0.05, 0.1) is 31.8 Å². The number of carbonyl (C=O) groups excluding carboxylic acids is 1. The molecule has 5 nitrogen and oxygen atoms in total. The molecule has 2 aliphatic rings. The van der Waals surface area contributed by atoms with Crippen LogP contribution in [0.15, 0.2) is 0 Å². The Balaban J connectivity index is 2.24. The minimum absolute atomic E-state index is 0.228. The molecule has 1 atom stereocenters. The Morgan fingerprint density at radius 1 is 1.12 bits per heavy atom. The summed E-state index contributed by atoms with van der Waals surface area (Å²) in [7, 11) is 0. The fraction of sp³-hybridized carbons (Fsp3) is 0.917. The molecular formula is C12H20O5. The Bertz CT molecular complexity index is 288. The third kappa shape index (κ3) is 2.46. The molecule has 0 bridgehead atoms. The molecule has 2 fully saturated rings. The van der Waals surface area contributed by atoms with Gasteiger partial charge in [-0.2, -0.15) is 0 Å². The molecule has 0 N–H and O–H groups in total. The molecule has 0 aromatic carbocycles. The van der Waals surface area contributed by atoms with Gasteiger partial charge in [-0.05, 0) is 0 Å². The van der Waals surface area contributed by atoms with E-state index in [1.54, 1.807) is 0 Å². The summed E-state index contributed by atoms with van der Waals surface area (Å²) in [6.45, 7) is 7.91. The Kier molecular flexibility index (Phi) is 3.43. The summed E-state index contributed by atoms with van der Waals surface area (Å²) in [5, 5.41) is 0. The van der Waals surface area contributed by atoms with E-state index in [0.717, 1.165) is 0 Å². The third-order valence-corrected chi connectivity index (χ3v) is 3.36. The fourth-order valence-corrected chi connectivity index (χ4v) is 2.77. The predicted molar refractivity (Wildman–Crippen MR) is 59.4 cm³/mol. The van der Waals surface area contributed by atoms with Crippen molar-refractivity contribution in [3.8, 4) is 0 Å². The van der Waals surface area contributed by atoms with Gasteiger partial charge in [0, 0.05) is 12.3 Å². The van der Waals surface area contributed by atoms with E-state index in [-0.39, 0.29) is 22.9 Å². The SMILES string of the molecule is CC(=O)OC1C(C)(C)COCC12COCOC2. The standard InChI is InChI=1S/C12H20O5/c1-9(13)17-10-11(2,3)4-14-5-12(10)6-15-8-16-7-12/h10H,4-8H2,1-3H3. The number of hydrogen-bond acceptors (Lipinski definition) is 5. The van der Waals surface area contributed by atoms with Crippen molar-refractivity contribution in [1.29, 1.82) is 0 Å². The van der Waals surface area contributed by atoms with E-state index in [4.69, 9.17) is 18.9 Å². The highest BCUT2D eigenvalue weighted by atomic mass is 16.7. The Hall–Kier alpha value is -0.650. The van der Waals surface area contributed by atoms with Crippen molar-refractivity contribution < 1.29 is 23.7 Å². The molecule has 1 spiro atoms. The van der Waals surface area contributed by atoms with Crippen LogP contribution in [0.5, 0.6) is 0 Å². The van der Waals surface area contributed by atoms with Crippen molar-refractivity contribution in [2.45, 2.75) is 26.9 Å². The van der Waals surface area contributed by atoms with Gasteiger partial charge >= 0.3 is 5.97 Å². The van der Waals surface area contributed by atoms with E-state index in [2.05, 4.69) is 0 Å². The van der Waals surface area contributed by atoms with Gasteiger partial charge in [-0.15, -0.1) is 0 Å². The summed E-state index contributed by atoms with van der Waals surface area (Å²) in [6, 6.07) is 0. The summed E-state index contributed by atoms with van der Waals surface area (Å²) in [6.07, 6.45) is -0.235. The Labute approximate surface area is 101 Å². The number of esters is 1. The molecule has 0 amide bonds. The molecule has 0 aromatic heterocycles. The molecule has 17 heavy (non-hydrogen) atoms. The smallest absolute Gasteiger partial charge is 0.302 e. The molecule has 2 heterocycles. The lowest BCUT2D eigenvalue weighted by atomic mass is 9.69. The van der Waals surface area contributed by atoms with Crippen LogP contribution >= 0.6 is 0 Å². The van der Waals surface area contributed by atoms with Crippen LogP contribution in [0.25, 0.3) is 0 Å². The zero-order valence-electron chi connectivity index (χ0n) is 10.7. The zero-order chi connectivity index (χ0) is 12.5. The van der Waals surface area contributed by atoms with Crippen LogP contribution < -0.4 is 0 Å². The van der Waals surface area contributed by atoms with Crippen molar-refractivity contribution in [2.24, 2.45) is 10.8 Å². The highest BCUT2D eigenvalue weighted by Crippen LogP contribution is 2.43. The molecule has 0 radical (unpaired) electrons. The first kappa shape index (κ1) is 12.8. The van der Waals surface area contributed by atoms with Gasteiger partial charge in [-0.25, -0.2) is 0 Å². The van der Waals surface area contributed by atoms with Crippen LogP contribution in [-0.4, -0.2) is 45.3 Å².